The number of amides is 4. The molecule has 1 unspecified atom stereocenters. The molecule has 2 fully saturated rings. The molecule has 1 aliphatic heterocycles. The Morgan fingerprint density at radius 3 is 2.14 bits per heavy atom. The van der Waals surface area contributed by atoms with Crippen molar-refractivity contribution in [1.82, 2.24) is 25.8 Å². The first-order valence-electron chi connectivity index (χ1n) is 23.3. The molecule has 2 aliphatic rings. The van der Waals surface area contributed by atoms with E-state index in [9.17, 15) is 29.5 Å². The van der Waals surface area contributed by atoms with E-state index >= 15 is 0 Å². The number of oxazole rings is 1. The molecule has 1 aromatic heterocycles. The highest BCUT2D eigenvalue weighted by Crippen LogP contribution is 2.55. The van der Waals surface area contributed by atoms with Crippen molar-refractivity contribution in [3.8, 4) is 40.0 Å². The molecule has 1 aliphatic carbocycles. The number of carbonyl (C=O) groups excluding carboxylic acids is 4. The van der Waals surface area contributed by atoms with E-state index in [1.165, 1.54) is 11.3 Å². The van der Waals surface area contributed by atoms with E-state index in [1.54, 1.807) is 30.3 Å². The van der Waals surface area contributed by atoms with E-state index < -0.39 is 52.2 Å². The van der Waals surface area contributed by atoms with Gasteiger partial charge >= 0.3 is 0 Å². The predicted molar refractivity (Wildman–Crippen MR) is 264 cm³/mol. The fourth-order valence-electron chi connectivity index (χ4n) is 9.73. The molecule has 2 heterocycles. The first-order chi connectivity index (χ1) is 33.2. The molecular formula is C54H61ClN6O9. The number of nitrogens with one attached hydrogen (secondary N) is 3. The number of halogens is 1. The topological polar surface area (TPSA) is 205 Å². The Balaban J connectivity index is 0.839. The summed E-state index contributed by atoms with van der Waals surface area (Å²) >= 11 is 6.25. The largest absolute Gasteiger partial charge is 0.491 e. The summed E-state index contributed by atoms with van der Waals surface area (Å²) in [6.45, 7) is 15.7. The molecule has 4 N–H and O–H groups in total. The van der Waals surface area contributed by atoms with Crippen LogP contribution in [0.5, 0.6) is 11.5 Å². The number of aryl methyl sites for hydroxylation is 1. The third-order valence-corrected chi connectivity index (χ3v) is 13.5. The lowest BCUT2D eigenvalue weighted by atomic mass is 9.49. The summed E-state index contributed by atoms with van der Waals surface area (Å²) in [7, 11) is 0. The van der Waals surface area contributed by atoms with Gasteiger partial charge in [0.05, 0.1) is 29.0 Å². The predicted octanol–water partition coefficient (Wildman–Crippen LogP) is 7.66. The van der Waals surface area contributed by atoms with Crippen LogP contribution in [0.4, 0.5) is 0 Å². The molecule has 7 rings (SSSR count). The smallest absolute Gasteiger partial charge is 0.251 e. The van der Waals surface area contributed by atoms with E-state index in [4.69, 9.17) is 30.2 Å². The van der Waals surface area contributed by atoms with Crippen LogP contribution in [0.2, 0.25) is 5.02 Å². The van der Waals surface area contributed by atoms with E-state index in [0.29, 0.717) is 33.4 Å². The molecule has 70 heavy (non-hydrogen) atoms. The number of aliphatic hydroxyl groups is 1. The van der Waals surface area contributed by atoms with Crippen LogP contribution in [-0.2, 0) is 25.7 Å². The summed E-state index contributed by atoms with van der Waals surface area (Å²) in [5.74, 6) is 0.282. The number of benzene rings is 4. The molecule has 16 heteroatoms. The second kappa shape index (κ2) is 21.1. The van der Waals surface area contributed by atoms with Crippen molar-refractivity contribution in [1.29, 1.82) is 5.26 Å². The van der Waals surface area contributed by atoms with Gasteiger partial charge in [-0.2, -0.15) is 5.26 Å². The molecular weight excluding hydrogens is 912 g/mol. The van der Waals surface area contributed by atoms with Gasteiger partial charge in [0.2, 0.25) is 17.7 Å². The van der Waals surface area contributed by atoms with Crippen LogP contribution in [0.1, 0.15) is 82.1 Å². The van der Waals surface area contributed by atoms with Crippen molar-refractivity contribution < 1.29 is 42.9 Å². The number of rotatable bonds is 17. The van der Waals surface area contributed by atoms with Crippen LogP contribution in [0.15, 0.2) is 102 Å². The highest BCUT2D eigenvalue weighted by atomic mass is 35.5. The zero-order chi connectivity index (χ0) is 50.5. The third-order valence-electron chi connectivity index (χ3n) is 13.2. The minimum atomic E-state index is -0.996. The zero-order valence-electron chi connectivity index (χ0n) is 40.8. The highest BCUT2D eigenvalue weighted by Gasteiger charge is 2.64. The second-order valence-corrected chi connectivity index (χ2v) is 20.7. The Labute approximate surface area is 413 Å². The third kappa shape index (κ3) is 11.5. The maximum Gasteiger partial charge on any atom is 0.251 e. The number of carbonyl (C=O) groups is 4. The van der Waals surface area contributed by atoms with Crippen LogP contribution in [0.25, 0.3) is 22.5 Å². The van der Waals surface area contributed by atoms with Crippen molar-refractivity contribution in [2.24, 2.45) is 16.2 Å². The summed E-state index contributed by atoms with van der Waals surface area (Å²) < 4.78 is 23.3. The van der Waals surface area contributed by atoms with Gasteiger partial charge in [-0.05, 0) is 65.4 Å². The molecule has 4 amide bonds. The van der Waals surface area contributed by atoms with Gasteiger partial charge in [0.1, 0.15) is 49.0 Å². The van der Waals surface area contributed by atoms with Crippen molar-refractivity contribution in [3.63, 3.8) is 0 Å². The van der Waals surface area contributed by atoms with Gasteiger partial charge in [0.25, 0.3) is 5.91 Å². The minimum absolute atomic E-state index is 0.0401. The second-order valence-electron chi connectivity index (χ2n) is 20.2. The number of likely N-dealkylation sites (tertiary alicyclic amines) is 1. The molecule has 1 saturated heterocycles. The van der Waals surface area contributed by atoms with Gasteiger partial charge < -0.3 is 44.6 Å². The van der Waals surface area contributed by atoms with Crippen LogP contribution < -0.4 is 25.4 Å². The molecule has 5 aromatic rings. The molecule has 0 bridgehead atoms. The van der Waals surface area contributed by atoms with Crippen molar-refractivity contribution in [2.75, 3.05) is 26.4 Å². The number of aliphatic hydroxyl groups excluding tert-OH is 1. The summed E-state index contributed by atoms with van der Waals surface area (Å²) in [5.41, 5.74) is 3.70. The minimum Gasteiger partial charge on any atom is -0.491 e. The van der Waals surface area contributed by atoms with Crippen LogP contribution in [-0.4, -0.2) is 95.3 Å². The number of nitrogens with zero attached hydrogens (tertiary/aromatic N) is 3. The summed E-state index contributed by atoms with van der Waals surface area (Å²) in [6.07, 6.45) is 0.349. The SMILES string of the molecule is Cc1ncoc1-c1ccc(CNC(=O)[C@@H]2C[C@@H](O)CN2C(=O)C(NC(=O)COCCOc2ccc(-c3ccc(C(=O)N[C@H]4C(C)(C)[C@H](Oc5ccc(C#N)c(Cl)c5)C4(C)C)cc3)cc2)C(C)(C)C)cc1. The molecule has 368 valence electrons. The fourth-order valence-corrected chi connectivity index (χ4v) is 9.95. The number of hydrogen-bond acceptors (Lipinski definition) is 11. The fraction of sp³-hybridized carbons (Fsp3) is 0.407. The van der Waals surface area contributed by atoms with Gasteiger partial charge in [-0.1, -0.05) is 109 Å². The monoisotopic (exact) mass is 972 g/mol. The average Bonchev–Trinajstić information content (AvgIpc) is 3.95. The lowest BCUT2D eigenvalue weighted by Gasteiger charge is -2.63. The van der Waals surface area contributed by atoms with E-state index in [0.717, 1.165) is 27.9 Å². The van der Waals surface area contributed by atoms with Crippen LogP contribution in [0, 0.1) is 34.5 Å². The number of ether oxygens (including phenoxy) is 3. The summed E-state index contributed by atoms with van der Waals surface area (Å²) in [5, 5.41) is 29.1. The lowest BCUT2D eigenvalue weighted by Crippen LogP contribution is -2.74. The molecule has 15 nitrogen and oxygen atoms in total. The lowest BCUT2D eigenvalue weighted by molar-refractivity contribution is -0.164. The van der Waals surface area contributed by atoms with Gasteiger partial charge in [0.15, 0.2) is 12.2 Å². The first-order valence-corrected chi connectivity index (χ1v) is 23.7. The Morgan fingerprint density at radius 2 is 1.54 bits per heavy atom. The maximum absolute atomic E-state index is 14.0. The molecule has 4 aromatic carbocycles. The molecule has 1 saturated carbocycles. The Kier molecular flexibility index (Phi) is 15.4. The Hall–Kier alpha value is -6.73. The van der Waals surface area contributed by atoms with Gasteiger partial charge in [-0.3, -0.25) is 19.2 Å². The van der Waals surface area contributed by atoms with Crippen LogP contribution in [0.3, 0.4) is 0 Å². The average molecular weight is 974 g/mol. The van der Waals surface area contributed by atoms with E-state index in [-0.39, 0.29) is 57.4 Å². The quantitative estimate of drug-likeness (QED) is 0.0666. The van der Waals surface area contributed by atoms with E-state index in [2.05, 4.69) is 54.7 Å². The normalized spacial score (nSPS) is 19.5. The number of aromatic nitrogens is 1. The van der Waals surface area contributed by atoms with Gasteiger partial charge in [-0.25, -0.2) is 4.98 Å². The van der Waals surface area contributed by atoms with Crippen molar-refractivity contribution >= 4 is 35.2 Å². The summed E-state index contributed by atoms with van der Waals surface area (Å²) in [4.78, 5) is 59.5. The zero-order valence-corrected chi connectivity index (χ0v) is 41.6. The maximum atomic E-state index is 14.0. The Morgan fingerprint density at radius 1 is 0.914 bits per heavy atom. The molecule has 0 spiro atoms. The van der Waals surface area contributed by atoms with Crippen LogP contribution >= 0.6 is 11.6 Å². The van der Waals surface area contributed by atoms with Crippen molar-refractivity contribution in [3.05, 3.63) is 125 Å². The molecule has 3 atom stereocenters. The van der Waals surface area contributed by atoms with Crippen molar-refractivity contribution in [2.45, 2.75) is 98.7 Å². The number of β-amino-alcohol motifs (C(OH)–C–C–N with tert-alkyl or cyclic N) is 1. The van der Waals surface area contributed by atoms with Gasteiger partial charge in [-0.15, -0.1) is 0 Å². The first kappa shape index (κ1) is 51.1. The summed E-state index contributed by atoms with van der Waals surface area (Å²) in [6, 6.07) is 27.4. The standard InChI is InChI=1S/C54H61ClN6O9/c1-32-45(69-31-58-32)36-11-9-33(10-12-36)28-57-48(65)43-25-39(62)29-61(43)49(66)46(52(2,3)4)59-44(63)30-67-23-24-68-40-20-17-35(18-21-40)34-13-15-37(16-14-34)47(64)60-50-53(5,6)51(54(50,7)8)70-41-22-19-38(27-56)42(55)26-41/h9-22,26,31,39,43,46,50-51,62H,23-25,28-30H2,1-8H3,(H,57,65)(H,59,63)(H,60,64)/t39-,43+,46?,50-,51-/m1/s1. The number of nitriles is 1. The van der Waals surface area contributed by atoms with Gasteiger partial charge in [0, 0.05) is 53.6 Å². The van der Waals surface area contributed by atoms with E-state index in [1.807, 2.05) is 88.4 Å². The Bertz CT molecular complexity index is 2710. The molecule has 0 radical (unpaired) electrons. The highest BCUT2D eigenvalue weighted by molar-refractivity contribution is 6.31. The number of hydrogen-bond donors (Lipinski definition) is 4.